The van der Waals surface area contributed by atoms with Crippen molar-refractivity contribution in [3.63, 3.8) is 0 Å². The van der Waals surface area contributed by atoms with Gasteiger partial charge in [0.1, 0.15) is 36.1 Å². The minimum Gasteiger partial charge on any atom is -0.461 e. The van der Waals surface area contributed by atoms with Gasteiger partial charge in [0.15, 0.2) is 5.82 Å². The van der Waals surface area contributed by atoms with Crippen molar-refractivity contribution in [2.24, 2.45) is 7.05 Å². The van der Waals surface area contributed by atoms with Crippen LogP contribution < -0.4 is 19.9 Å². The number of carbonyl (C=O) groups is 3. The molecule has 3 aromatic heterocycles. The van der Waals surface area contributed by atoms with E-state index in [0.29, 0.717) is 97.5 Å². The second-order valence-corrected chi connectivity index (χ2v) is 22.4. The van der Waals surface area contributed by atoms with Crippen LogP contribution in [0.1, 0.15) is 99.9 Å². The van der Waals surface area contributed by atoms with Crippen LogP contribution in [-0.2, 0) is 37.3 Å². The van der Waals surface area contributed by atoms with Gasteiger partial charge in [0, 0.05) is 80.9 Å². The maximum Gasteiger partial charge on any atom is 0.409 e. The highest BCUT2D eigenvalue weighted by Crippen LogP contribution is 2.45. The average Bonchev–Trinajstić information content (AvgIpc) is 4.13. The lowest BCUT2D eigenvalue weighted by atomic mass is 9.92. The first-order valence-electron chi connectivity index (χ1n) is 28.0. The van der Waals surface area contributed by atoms with Crippen molar-refractivity contribution in [3.05, 3.63) is 77.1 Å². The number of terminal acetylenes is 1. The molecule has 0 spiro atoms. The number of imide groups is 1. The molecule has 6 aromatic rings. The number of nitrogens with one attached hydrogen (secondary N) is 1. The molecule has 13 rings (SSSR count). The molecule has 10 heterocycles. The Morgan fingerprint density at radius 2 is 1.73 bits per heavy atom. The van der Waals surface area contributed by atoms with E-state index in [0.717, 1.165) is 94.0 Å². The number of ether oxygens (including phenoxy) is 4. The lowest BCUT2D eigenvalue weighted by Gasteiger charge is -2.38. The predicted octanol–water partition coefficient (Wildman–Crippen LogP) is 7.72. The van der Waals surface area contributed by atoms with E-state index in [1.165, 1.54) is 6.07 Å². The second kappa shape index (κ2) is 20.7. The average molecular weight is 1060 g/mol. The number of piperidine rings is 3. The highest BCUT2D eigenvalue weighted by molar-refractivity contribution is 6.04. The van der Waals surface area contributed by atoms with Gasteiger partial charge in [0.2, 0.25) is 11.8 Å². The van der Waals surface area contributed by atoms with Gasteiger partial charge in [-0.2, -0.15) is 15.1 Å². The molecule has 78 heavy (non-hydrogen) atoms. The van der Waals surface area contributed by atoms with Crippen LogP contribution in [0.5, 0.6) is 6.01 Å². The maximum atomic E-state index is 17.4. The third-order valence-corrected chi connectivity index (χ3v) is 17.9. The summed E-state index contributed by atoms with van der Waals surface area (Å²) in [5.41, 5.74) is 3.72. The number of rotatable bonds is 10. The fourth-order valence-electron chi connectivity index (χ4n) is 13.8. The molecule has 7 aliphatic heterocycles. The van der Waals surface area contributed by atoms with Crippen molar-refractivity contribution < 1.29 is 42.1 Å². The molecule has 1 unspecified atom stereocenters. The first kappa shape index (κ1) is 50.5. The molecule has 4 atom stereocenters. The standard InChI is InChI=1S/C59H64F2N10O7/c1-3-41-45(60)14-9-35-7-4-8-43(49(35)41)53-51(61)54-50-46(62-53)15-11-37-32-75-30-6-24-70(37)55(50)65-57(64-54)77-34-59-22-5-25-71(59)38(17-23-59)33-76-58(74)69-28-20-40(21-29-69)78-39-18-26-68(27-19-39)36-10-12-42-47(31-36)67(2)66-52(42)44-13-16-48(72)63-56(44)73/h1,4,7-10,12,14,31,37-40,44H,5-6,11,13,15-30,32-34H2,2H3,(H,63,72,73)/t37-,38-,44?,59-/m0/s1. The van der Waals surface area contributed by atoms with E-state index in [1.54, 1.807) is 18.2 Å². The van der Waals surface area contributed by atoms with Crippen molar-refractivity contribution in [1.29, 1.82) is 0 Å². The van der Waals surface area contributed by atoms with Gasteiger partial charge in [-0.25, -0.2) is 18.6 Å². The summed E-state index contributed by atoms with van der Waals surface area (Å²) in [6.07, 6.45) is 15.4. The predicted molar refractivity (Wildman–Crippen MR) is 288 cm³/mol. The first-order chi connectivity index (χ1) is 38.0. The number of anilines is 2. The zero-order valence-electron chi connectivity index (χ0n) is 44.0. The highest BCUT2D eigenvalue weighted by Gasteiger charge is 2.50. The van der Waals surface area contributed by atoms with E-state index >= 15 is 8.78 Å². The molecular formula is C59H64F2N10O7. The van der Waals surface area contributed by atoms with Gasteiger partial charge in [-0.15, -0.1) is 6.42 Å². The third-order valence-electron chi connectivity index (χ3n) is 17.9. The molecular weight excluding hydrogens is 999 g/mol. The van der Waals surface area contributed by atoms with E-state index in [2.05, 4.69) is 38.1 Å². The molecule has 19 heteroatoms. The van der Waals surface area contributed by atoms with Gasteiger partial charge in [-0.3, -0.25) is 24.5 Å². The number of nitrogens with zero attached hydrogens (tertiary/aromatic N) is 9. The molecule has 0 bridgehead atoms. The lowest BCUT2D eigenvalue weighted by molar-refractivity contribution is -0.134. The number of carbonyl (C=O) groups excluding carboxylic acids is 3. The number of aromatic nitrogens is 5. The largest absolute Gasteiger partial charge is 0.461 e. The van der Waals surface area contributed by atoms with Crippen LogP contribution in [0.3, 0.4) is 0 Å². The number of pyridine rings is 1. The lowest BCUT2D eigenvalue weighted by Crippen LogP contribution is -2.49. The zero-order chi connectivity index (χ0) is 53.2. The number of fused-ring (bicyclic) bond motifs is 5. The molecule has 3 aromatic carbocycles. The van der Waals surface area contributed by atoms with Crippen LogP contribution in [0.15, 0.2) is 48.5 Å². The number of hydrogen-bond donors (Lipinski definition) is 1. The molecule has 1 N–H and O–H groups in total. The molecule has 17 nitrogen and oxygen atoms in total. The molecule has 0 saturated carbocycles. The number of amides is 3. The van der Waals surface area contributed by atoms with Crippen molar-refractivity contribution in [2.45, 2.75) is 119 Å². The number of likely N-dealkylation sites (tertiary alicyclic amines) is 1. The first-order valence-corrected chi connectivity index (χ1v) is 28.0. The number of hydrogen-bond acceptors (Lipinski definition) is 14. The third kappa shape index (κ3) is 9.12. The minimum atomic E-state index is -0.647. The number of benzene rings is 3. The maximum absolute atomic E-state index is 17.4. The zero-order valence-corrected chi connectivity index (χ0v) is 44.0. The Labute approximate surface area is 450 Å². The van der Waals surface area contributed by atoms with Gasteiger partial charge in [0.05, 0.1) is 64.2 Å². The Morgan fingerprint density at radius 1 is 0.897 bits per heavy atom. The summed E-state index contributed by atoms with van der Waals surface area (Å²) in [4.78, 5) is 61.7. The SMILES string of the molecule is C#Cc1c(F)ccc2cccc(-c3nc4c5c(nc(OC[C@@]67CCCN6[C@H](COC(=O)N6CCC(OC8CCN(c9ccc%10c(C%11CCC(=O)NC%11=O)nn(C)c%10c9)CC8)CC6)CC7)nc5c3F)N3CCCOC[C@@H]3CC4)c12. The van der Waals surface area contributed by atoms with Crippen LogP contribution >= 0.6 is 0 Å². The summed E-state index contributed by atoms with van der Waals surface area (Å²) in [5, 5.41) is 9.76. The number of aryl methyl sites for hydroxylation is 2. The van der Waals surface area contributed by atoms with E-state index in [-0.39, 0.29) is 83.7 Å². The molecule has 3 amide bonds. The van der Waals surface area contributed by atoms with Gasteiger partial charge in [0.25, 0.3) is 0 Å². The monoisotopic (exact) mass is 1060 g/mol. The van der Waals surface area contributed by atoms with Gasteiger partial charge < -0.3 is 33.6 Å². The molecule has 6 saturated heterocycles. The smallest absolute Gasteiger partial charge is 0.409 e. The van der Waals surface area contributed by atoms with Crippen LogP contribution in [-0.4, -0.2) is 148 Å². The van der Waals surface area contributed by atoms with Crippen molar-refractivity contribution >= 4 is 62.0 Å². The fourth-order valence-corrected chi connectivity index (χ4v) is 13.8. The van der Waals surface area contributed by atoms with Crippen molar-refractivity contribution in [2.75, 3.05) is 75.5 Å². The van der Waals surface area contributed by atoms with Gasteiger partial charge in [-0.05, 0) is 113 Å². The van der Waals surface area contributed by atoms with E-state index in [9.17, 15) is 14.4 Å². The van der Waals surface area contributed by atoms with E-state index < -0.39 is 17.6 Å². The normalized spacial score (nSPS) is 24.3. The highest BCUT2D eigenvalue weighted by atomic mass is 19.1. The molecule has 406 valence electrons. The van der Waals surface area contributed by atoms with Crippen LogP contribution in [0, 0.1) is 24.0 Å². The Hall–Kier alpha value is -7.01. The Kier molecular flexibility index (Phi) is 13.4. The fraction of sp³-hybridized carbons (Fsp3) is 0.508. The molecule has 7 aliphatic rings. The van der Waals surface area contributed by atoms with Crippen molar-refractivity contribution in [1.82, 2.24) is 39.8 Å². The van der Waals surface area contributed by atoms with Gasteiger partial charge >= 0.3 is 12.1 Å². The van der Waals surface area contributed by atoms with E-state index in [1.807, 2.05) is 28.8 Å². The molecule has 0 radical (unpaired) electrons. The topological polar surface area (TPSA) is 170 Å². The Balaban J connectivity index is 0.634. The molecule has 0 aliphatic carbocycles. The van der Waals surface area contributed by atoms with Gasteiger partial charge in [-0.1, -0.05) is 30.2 Å². The summed E-state index contributed by atoms with van der Waals surface area (Å²) in [5.74, 6) is 0.913. The van der Waals surface area contributed by atoms with Crippen LogP contribution in [0.2, 0.25) is 0 Å². The minimum absolute atomic E-state index is 0.00893. The van der Waals surface area contributed by atoms with Crippen molar-refractivity contribution in [3.8, 4) is 29.6 Å². The summed E-state index contributed by atoms with van der Waals surface area (Å²) < 4.78 is 59.9. The molecule has 6 fully saturated rings. The Bertz CT molecular complexity index is 3410. The number of halogens is 2. The summed E-state index contributed by atoms with van der Waals surface area (Å²) in [6, 6.07) is 14.7. The summed E-state index contributed by atoms with van der Waals surface area (Å²) in [6.45, 7) is 6.07. The second-order valence-electron chi connectivity index (χ2n) is 22.4. The Morgan fingerprint density at radius 3 is 2.55 bits per heavy atom. The quantitative estimate of drug-likeness (QED) is 0.105. The van der Waals surface area contributed by atoms with E-state index in [4.69, 9.17) is 45.4 Å². The summed E-state index contributed by atoms with van der Waals surface area (Å²) >= 11 is 0. The summed E-state index contributed by atoms with van der Waals surface area (Å²) in [7, 11) is 1.89. The van der Waals surface area contributed by atoms with Crippen LogP contribution in [0.25, 0.3) is 43.8 Å². The van der Waals surface area contributed by atoms with Crippen LogP contribution in [0.4, 0.5) is 25.1 Å².